The molecule has 3 N–H and O–H groups in total. The van der Waals surface area contributed by atoms with Crippen molar-refractivity contribution in [2.45, 2.75) is 39.1 Å². The highest BCUT2D eigenvalue weighted by molar-refractivity contribution is 9.10. The summed E-state index contributed by atoms with van der Waals surface area (Å²) in [6.45, 7) is 6.03. The number of hydrogen-bond donors (Lipinski definition) is 2. The van der Waals surface area contributed by atoms with Crippen LogP contribution in [0.15, 0.2) is 10.5 Å². The summed E-state index contributed by atoms with van der Waals surface area (Å²) in [6.07, 6.45) is -0.840. The number of hydrogen-bond acceptors (Lipinski definition) is 4. The van der Waals surface area contributed by atoms with Gasteiger partial charge in [0.1, 0.15) is 6.10 Å². The lowest BCUT2D eigenvalue weighted by atomic mass is 10.2. The number of nitrogens with two attached hydrogens (primary N) is 1. The van der Waals surface area contributed by atoms with Gasteiger partial charge in [-0.25, -0.2) is 0 Å². The third-order valence-electron chi connectivity index (χ3n) is 2.47. The van der Waals surface area contributed by atoms with E-state index in [1.54, 1.807) is 18.3 Å². The fourth-order valence-corrected chi connectivity index (χ4v) is 2.86. The van der Waals surface area contributed by atoms with Crippen LogP contribution in [0.2, 0.25) is 0 Å². The van der Waals surface area contributed by atoms with Crippen molar-refractivity contribution in [1.82, 2.24) is 0 Å². The predicted molar refractivity (Wildman–Crippen MR) is 70.8 cm³/mol. The maximum Gasteiger partial charge on any atom is 0.104 e. The zero-order valence-electron chi connectivity index (χ0n) is 9.74. The number of aliphatic hydroxyl groups excluding tert-OH is 1. The van der Waals surface area contributed by atoms with E-state index in [0.717, 1.165) is 9.35 Å². The van der Waals surface area contributed by atoms with Gasteiger partial charge in [0.25, 0.3) is 0 Å². The first kappa shape index (κ1) is 14.1. The summed E-state index contributed by atoms with van der Waals surface area (Å²) in [5.74, 6) is 0. The van der Waals surface area contributed by atoms with Gasteiger partial charge in [-0.1, -0.05) is 0 Å². The second-order valence-corrected chi connectivity index (χ2v) is 6.00. The lowest BCUT2D eigenvalue weighted by molar-refractivity contribution is -0.0579. The highest BCUT2D eigenvalue weighted by Gasteiger charge is 2.19. The van der Waals surface area contributed by atoms with Crippen molar-refractivity contribution in [3.8, 4) is 0 Å². The van der Waals surface area contributed by atoms with Crippen molar-refractivity contribution >= 4 is 27.3 Å². The van der Waals surface area contributed by atoms with Crippen molar-refractivity contribution in [2.75, 3.05) is 6.54 Å². The van der Waals surface area contributed by atoms with Crippen LogP contribution in [-0.4, -0.2) is 23.9 Å². The highest BCUT2D eigenvalue weighted by Crippen LogP contribution is 2.32. The maximum absolute atomic E-state index is 9.40. The van der Waals surface area contributed by atoms with Gasteiger partial charge < -0.3 is 15.6 Å². The van der Waals surface area contributed by atoms with E-state index in [2.05, 4.69) is 15.9 Å². The molecule has 5 heteroatoms. The molecule has 1 aromatic rings. The number of halogens is 1. The smallest absolute Gasteiger partial charge is 0.104 e. The Hall–Kier alpha value is 0.0600. The molecule has 3 nitrogen and oxygen atoms in total. The molecule has 3 atom stereocenters. The van der Waals surface area contributed by atoms with Crippen LogP contribution < -0.4 is 5.73 Å². The van der Waals surface area contributed by atoms with E-state index in [0.29, 0.717) is 6.54 Å². The second-order valence-electron chi connectivity index (χ2n) is 3.86. The lowest BCUT2D eigenvalue weighted by Gasteiger charge is -2.22. The Balaban J connectivity index is 2.74. The van der Waals surface area contributed by atoms with Crippen molar-refractivity contribution < 1.29 is 9.84 Å². The van der Waals surface area contributed by atoms with E-state index in [1.807, 2.05) is 19.9 Å². The fourth-order valence-electron chi connectivity index (χ4n) is 1.25. The number of thiophene rings is 1. The van der Waals surface area contributed by atoms with Crippen molar-refractivity contribution in [3.05, 3.63) is 20.3 Å². The molecule has 16 heavy (non-hydrogen) atoms. The molecule has 0 fully saturated rings. The quantitative estimate of drug-likeness (QED) is 0.879. The minimum Gasteiger partial charge on any atom is -0.391 e. The van der Waals surface area contributed by atoms with E-state index in [4.69, 9.17) is 10.5 Å². The summed E-state index contributed by atoms with van der Waals surface area (Å²) in [6, 6.07) is 2.03. The van der Waals surface area contributed by atoms with Crippen LogP contribution in [0.5, 0.6) is 0 Å². The van der Waals surface area contributed by atoms with Gasteiger partial charge in [-0.3, -0.25) is 0 Å². The first-order chi connectivity index (χ1) is 7.45. The van der Waals surface area contributed by atoms with Crippen LogP contribution in [0.1, 0.15) is 29.7 Å². The Morgan fingerprint density at radius 3 is 2.56 bits per heavy atom. The van der Waals surface area contributed by atoms with Gasteiger partial charge in [-0.15, -0.1) is 11.3 Å². The SMILES string of the molecule is Cc1sc(C(CN)OC(C)C(C)O)cc1Br. The molecule has 1 rings (SSSR count). The van der Waals surface area contributed by atoms with Crippen LogP contribution in [0, 0.1) is 6.92 Å². The van der Waals surface area contributed by atoms with E-state index in [9.17, 15) is 5.11 Å². The first-order valence-corrected chi connectivity index (χ1v) is 6.86. The largest absolute Gasteiger partial charge is 0.391 e. The van der Waals surface area contributed by atoms with Crippen molar-refractivity contribution in [3.63, 3.8) is 0 Å². The Kier molecular flexibility index (Phi) is 5.40. The molecule has 1 aromatic heterocycles. The fraction of sp³-hybridized carbons (Fsp3) is 0.636. The van der Waals surface area contributed by atoms with Crippen LogP contribution in [-0.2, 0) is 4.74 Å². The van der Waals surface area contributed by atoms with Gasteiger partial charge in [0.2, 0.25) is 0 Å². The number of aliphatic hydroxyl groups is 1. The summed E-state index contributed by atoms with van der Waals surface area (Å²) in [4.78, 5) is 2.31. The lowest BCUT2D eigenvalue weighted by Crippen LogP contribution is -2.27. The molecule has 0 aromatic carbocycles. The molecular formula is C11H18BrNO2S. The van der Waals surface area contributed by atoms with Crippen LogP contribution in [0.3, 0.4) is 0 Å². The summed E-state index contributed by atoms with van der Waals surface area (Å²) in [5.41, 5.74) is 5.70. The van der Waals surface area contributed by atoms with Crippen molar-refractivity contribution in [2.24, 2.45) is 5.73 Å². The van der Waals surface area contributed by atoms with Crippen molar-refractivity contribution in [1.29, 1.82) is 0 Å². The molecule has 0 aliphatic heterocycles. The molecule has 0 aliphatic carbocycles. The molecule has 0 radical (unpaired) electrons. The molecule has 0 bridgehead atoms. The average Bonchev–Trinajstić information content (AvgIpc) is 2.55. The normalized spacial score (nSPS) is 17.1. The van der Waals surface area contributed by atoms with Gasteiger partial charge >= 0.3 is 0 Å². The van der Waals surface area contributed by atoms with Gasteiger partial charge in [0.15, 0.2) is 0 Å². The monoisotopic (exact) mass is 307 g/mol. The summed E-state index contributed by atoms with van der Waals surface area (Å²) >= 11 is 5.14. The number of rotatable bonds is 5. The van der Waals surface area contributed by atoms with Crippen LogP contribution in [0.25, 0.3) is 0 Å². The summed E-state index contributed by atoms with van der Waals surface area (Å²) in [7, 11) is 0. The molecule has 0 saturated carbocycles. The molecule has 0 spiro atoms. The second kappa shape index (κ2) is 6.12. The van der Waals surface area contributed by atoms with Gasteiger partial charge in [-0.05, 0) is 42.8 Å². The highest BCUT2D eigenvalue weighted by atomic mass is 79.9. The Labute approximate surface area is 109 Å². The molecular weight excluding hydrogens is 290 g/mol. The number of ether oxygens (including phenoxy) is 1. The van der Waals surface area contributed by atoms with Crippen LogP contribution >= 0.6 is 27.3 Å². The zero-order valence-corrected chi connectivity index (χ0v) is 12.1. The van der Waals surface area contributed by atoms with E-state index < -0.39 is 6.10 Å². The minimum absolute atomic E-state index is 0.139. The molecule has 92 valence electrons. The third kappa shape index (κ3) is 3.53. The Bertz CT molecular complexity index is 321. The maximum atomic E-state index is 9.40. The van der Waals surface area contributed by atoms with E-state index in [1.165, 1.54) is 4.88 Å². The van der Waals surface area contributed by atoms with Gasteiger partial charge in [0, 0.05) is 20.8 Å². The van der Waals surface area contributed by atoms with Crippen LogP contribution in [0.4, 0.5) is 0 Å². The molecule has 3 unspecified atom stereocenters. The van der Waals surface area contributed by atoms with E-state index in [-0.39, 0.29) is 12.2 Å². The summed E-state index contributed by atoms with van der Waals surface area (Å²) in [5, 5.41) is 9.40. The number of aryl methyl sites for hydroxylation is 1. The van der Waals surface area contributed by atoms with Gasteiger partial charge in [-0.2, -0.15) is 0 Å². The topological polar surface area (TPSA) is 55.5 Å². The Morgan fingerprint density at radius 2 is 2.19 bits per heavy atom. The standard InChI is InChI=1S/C11H18BrNO2S/c1-6(14)7(2)15-10(5-13)11-4-9(12)8(3)16-11/h4,6-7,10,14H,5,13H2,1-3H3. The molecule has 0 aliphatic rings. The third-order valence-corrected chi connectivity index (χ3v) is 4.69. The zero-order chi connectivity index (χ0) is 12.3. The molecule has 1 heterocycles. The first-order valence-electron chi connectivity index (χ1n) is 5.25. The summed E-state index contributed by atoms with van der Waals surface area (Å²) < 4.78 is 6.81. The molecule has 0 saturated heterocycles. The van der Waals surface area contributed by atoms with Gasteiger partial charge in [0.05, 0.1) is 12.2 Å². The van der Waals surface area contributed by atoms with E-state index >= 15 is 0 Å². The predicted octanol–water partition coefficient (Wildman–Crippen LogP) is 2.60. The Morgan fingerprint density at radius 1 is 1.56 bits per heavy atom. The molecule has 0 amide bonds. The average molecular weight is 308 g/mol. The minimum atomic E-state index is -0.487.